The van der Waals surface area contributed by atoms with Crippen molar-refractivity contribution in [2.45, 2.75) is 19.3 Å². The van der Waals surface area contributed by atoms with Crippen molar-refractivity contribution in [1.82, 2.24) is 15.5 Å². The zero-order chi connectivity index (χ0) is 12.6. The third-order valence-corrected chi connectivity index (χ3v) is 3.71. The number of hydrogen-bond donors (Lipinski definition) is 2. The van der Waals surface area contributed by atoms with Crippen molar-refractivity contribution >= 4 is 5.91 Å². The summed E-state index contributed by atoms with van der Waals surface area (Å²) in [6.45, 7) is 7.69. The van der Waals surface area contributed by atoms with Gasteiger partial charge in [0.15, 0.2) is 0 Å². The van der Waals surface area contributed by atoms with E-state index >= 15 is 0 Å². The molecule has 0 bridgehead atoms. The van der Waals surface area contributed by atoms with E-state index in [-0.39, 0.29) is 5.91 Å². The van der Waals surface area contributed by atoms with E-state index in [2.05, 4.69) is 15.5 Å². The lowest BCUT2D eigenvalue weighted by molar-refractivity contribution is -0.121. The first-order valence-corrected chi connectivity index (χ1v) is 7.12. The maximum Gasteiger partial charge on any atom is 0.220 e. The van der Waals surface area contributed by atoms with E-state index in [1.54, 1.807) is 0 Å². The topological polar surface area (TPSA) is 53.6 Å². The largest absolute Gasteiger partial charge is 0.379 e. The molecule has 2 heterocycles. The molecule has 1 atom stereocenters. The summed E-state index contributed by atoms with van der Waals surface area (Å²) in [5.41, 5.74) is 0. The minimum absolute atomic E-state index is 0.214. The molecule has 104 valence electrons. The summed E-state index contributed by atoms with van der Waals surface area (Å²) in [5, 5.41) is 6.31. The van der Waals surface area contributed by atoms with E-state index in [9.17, 15) is 4.79 Å². The van der Waals surface area contributed by atoms with E-state index in [1.807, 2.05) is 0 Å². The molecule has 2 aliphatic rings. The highest BCUT2D eigenvalue weighted by Gasteiger charge is 2.17. The monoisotopic (exact) mass is 255 g/mol. The lowest BCUT2D eigenvalue weighted by Crippen LogP contribution is -2.38. The van der Waals surface area contributed by atoms with Gasteiger partial charge in [0.1, 0.15) is 0 Å². The Hall–Kier alpha value is -0.650. The molecule has 0 aliphatic carbocycles. The van der Waals surface area contributed by atoms with Gasteiger partial charge in [-0.1, -0.05) is 0 Å². The Morgan fingerprint density at radius 3 is 2.94 bits per heavy atom. The van der Waals surface area contributed by atoms with Crippen molar-refractivity contribution < 1.29 is 9.53 Å². The highest BCUT2D eigenvalue weighted by Crippen LogP contribution is 2.11. The molecule has 0 aromatic heterocycles. The summed E-state index contributed by atoms with van der Waals surface area (Å²) in [6.07, 6.45) is 2.86. The highest BCUT2D eigenvalue weighted by molar-refractivity contribution is 5.76. The number of ether oxygens (including phenoxy) is 1. The van der Waals surface area contributed by atoms with Crippen LogP contribution in [0.5, 0.6) is 0 Å². The van der Waals surface area contributed by atoms with Crippen molar-refractivity contribution in [2.75, 3.05) is 52.5 Å². The van der Waals surface area contributed by atoms with Crippen molar-refractivity contribution in [1.29, 1.82) is 0 Å². The number of nitrogens with zero attached hydrogens (tertiary/aromatic N) is 1. The van der Waals surface area contributed by atoms with Gasteiger partial charge in [-0.2, -0.15) is 0 Å². The predicted molar refractivity (Wildman–Crippen MR) is 70.5 cm³/mol. The van der Waals surface area contributed by atoms with Crippen LogP contribution in [0.4, 0.5) is 0 Å². The van der Waals surface area contributed by atoms with E-state index in [1.165, 1.54) is 0 Å². The number of morpholine rings is 1. The molecule has 2 aliphatic heterocycles. The van der Waals surface area contributed by atoms with Crippen LogP contribution < -0.4 is 10.6 Å². The van der Waals surface area contributed by atoms with Crippen LogP contribution in [-0.2, 0) is 9.53 Å². The van der Waals surface area contributed by atoms with Gasteiger partial charge in [-0.25, -0.2) is 0 Å². The second-order valence-electron chi connectivity index (χ2n) is 5.22. The Labute approximate surface area is 109 Å². The second kappa shape index (κ2) is 7.71. The molecule has 18 heavy (non-hydrogen) atoms. The Bertz CT molecular complexity index is 249. The number of amides is 1. The van der Waals surface area contributed by atoms with Gasteiger partial charge in [-0.05, 0) is 38.4 Å². The molecule has 0 aromatic carbocycles. The molecule has 0 saturated carbocycles. The Morgan fingerprint density at radius 1 is 1.39 bits per heavy atom. The summed E-state index contributed by atoms with van der Waals surface area (Å²) in [5.74, 6) is 0.759. The minimum atomic E-state index is 0.214. The van der Waals surface area contributed by atoms with E-state index < -0.39 is 0 Å². The zero-order valence-corrected chi connectivity index (χ0v) is 11.1. The molecule has 2 fully saturated rings. The van der Waals surface area contributed by atoms with Crippen LogP contribution in [0.25, 0.3) is 0 Å². The lowest BCUT2D eigenvalue weighted by Gasteiger charge is -2.26. The van der Waals surface area contributed by atoms with Gasteiger partial charge in [0, 0.05) is 26.1 Å². The fourth-order valence-electron chi connectivity index (χ4n) is 2.58. The van der Waals surface area contributed by atoms with Gasteiger partial charge in [-0.3, -0.25) is 9.69 Å². The van der Waals surface area contributed by atoms with E-state index in [4.69, 9.17) is 4.74 Å². The lowest BCUT2D eigenvalue weighted by atomic mass is 10.0. The maximum absolute atomic E-state index is 11.7. The molecule has 0 unspecified atom stereocenters. The first-order chi connectivity index (χ1) is 8.84. The molecule has 5 nitrogen and oxygen atoms in total. The average molecular weight is 255 g/mol. The minimum Gasteiger partial charge on any atom is -0.379 e. The van der Waals surface area contributed by atoms with Crippen molar-refractivity contribution in [2.24, 2.45) is 5.92 Å². The SMILES string of the molecule is O=C(C[C@H]1CCNC1)NCCCN1CCOCC1. The number of carbonyl (C=O) groups excluding carboxylic acids is 1. The summed E-state index contributed by atoms with van der Waals surface area (Å²) in [4.78, 5) is 14.1. The van der Waals surface area contributed by atoms with Crippen LogP contribution in [0, 0.1) is 5.92 Å². The molecule has 0 spiro atoms. The molecule has 2 saturated heterocycles. The quantitative estimate of drug-likeness (QED) is 0.647. The fraction of sp³-hybridized carbons (Fsp3) is 0.923. The van der Waals surface area contributed by atoms with E-state index in [0.29, 0.717) is 12.3 Å². The molecule has 0 radical (unpaired) electrons. The Kier molecular flexibility index (Phi) is 5.90. The molecule has 5 heteroatoms. The summed E-state index contributed by atoms with van der Waals surface area (Å²) >= 11 is 0. The summed E-state index contributed by atoms with van der Waals surface area (Å²) in [7, 11) is 0. The van der Waals surface area contributed by atoms with Crippen LogP contribution in [-0.4, -0.2) is 63.3 Å². The van der Waals surface area contributed by atoms with Gasteiger partial charge in [0.2, 0.25) is 5.91 Å². The van der Waals surface area contributed by atoms with Gasteiger partial charge in [0.25, 0.3) is 0 Å². The number of hydrogen-bond acceptors (Lipinski definition) is 4. The average Bonchev–Trinajstić information content (AvgIpc) is 2.89. The van der Waals surface area contributed by atoms with Gasteiger partial charge < -0.3 is 15.4 Å². The van der Waals surface area contributed by atoms with Crippen molar-refractivity contribution in [3.63, 3.8) is 0 Å². The normalized spacial score (nSPS) is 25.2. The zero-order valence-electron chi connectivity index (χ0n) is 11.1. The molecule has 1 amide bonds. The first kappa shape index (κ1) is 13.8. The molecular weight excluding hydrogens is 230 g/mol. The van der Waals surface area contributed by atoms with Crippen LogP contribution in [0.1, 0.15) is 19.3 Å². The Balaban J connectivity index is 1.47. The number of carbonyl (C=O) groups is 1. The van der Waals surface area contributed by atoms with Crippen LogP contribution in [0.3, 0.4) is 0 Å². The highest BCUT2D eigenvalue weighted by atomic mass is 16.5. The Morgan fingerprint density at radius 2 is 2.22 bits per heavy atom. The van der Waals surface area contributed by atoms with Crippen molar-refractivity contribution in [3.8, 4) is 0 Å². The van der Waals surface area contributed by atoms with Gasteiger partial charge in [-0.15, -0.1) is 0 Å². The van der Waals surface area contributed by atoms with Crippen LogP contribution >= 0.6 is 0 Å². The third-order valence-electron chi connectivity index (χ3n) is 3.71. The molecule has 0 aromatic rings. The smallest absolute Gasteiger partial charge is 0.220 e. The first-order valence-electron chi connectivity index (χ1n) is 7.12. The summed E-state index contributed by atoms with van der Waals surface area (Å²) < 4.78 is 5.30. The fourth-order valence-corrected chi connectivity index (χ4v) is 2.58. The maximum atomic E-state index is 11.7. The van der Waals surface area contributed by atoms with E-state index in [0.717, 1.165) is 65.3 Å². The third kappa shape index (κ3) is 4.92. The van der Waals surface area contributed by atoms with Gasteiger partial charge >= 0.3 is 0 Å². The van der Waals surface area contributed by atoms with Crippen LogP contribution in [0.2, 0.25) is 0 Å². The van der Waals surface area contributed by atoms with Gasteiger partial charge in [0.05, 0.1) is 13.2 Å². The molecule has 2 rings (SSSR count). The number of rotatable bonds is 6. The molecule has 2 N–H and O–H groups in total. The molecular formula is C13H25N3O2. The number of nitrogens with one attached hydrogen (secondary N) is 2. The second-order valence-corrected chi connectivity index (χ2v) is 5.22. The summed E-state index contributed by atoms with van der Waals surface area (Å²) in [6, 6.07) is 0. The van der Waals surface area contributed by atoms with Crippen LogP contribution in [0.15, 0.2) is 0 Å². The predicted octanol–water partition coefficient (Wildman–Crippen LogP) is -0.175. The van der Waals surface area contributed by atoms with Crippen molar-refractivity contribution in [3.05, 3.63) is 0 Å². The standard InChI is InChI=1S/C13H25N3O2/c17-13(10-12-2-4-14-11-12)15-3-1-5-16-6-8-18-9-7-16/h12,14H,1-11H2,(H,15,17)/t12-/m1/s1.